The predicted molar refractivity (Wildman–Crippen MR) is 49.2 cm³/mol. The minimum atomic E-state index is -3.51. The fraction of sp³-hybridized carbons (Fsp3) is 1.00. The molecule has 74 valence electrons. The van der Waals surface area contributed by atoms with Gasteiger partial charge >= 0.3 is 7.60 Å². The second-order valence-corrected chi connectivity index (χ2v) is 6.32. The lowest BCUT2D eigenvalue weighted by Crippen LogP contribution is -2.27. The van der Waals surface area contributed by atoms with Crippen LogP contribution < -0.4 is 5.32 Å². The van der Waals surface area contributed by atoms with Crippen molar-refractivity contribution in [3.8, 4) is 0 Å². The minimum Gasteiger partial charge on any atom is -0.324 e. The lowest BCUT2D eigenvalue weighted by atomic mass is 10.3. The fourth-order valence-electron chi connectivity index (χ4n) is 0.425. The van der Waals surface area contributed by atoms with Gasteiger partial charge in [-0.3, -0.25) is 14.4 Å². The van der Waals surface area contributed by atoms with Gasteiger partial charge in [0.05, 0.1) is 5.16 Å². The average Bonchev–Trinajstić information content (AvgIpc) is 1.84. The Hall–Kier alpha value is 0.110. The average molecular weight is 195 g/mol. The molecule has 0 bridgehead atoms. The molecule has 4 nitrogen and oxygen atoms in total. The van der Waals surface area contributed by atoms with Gasteiger partial charge in [-0.25, -0.2) is 0 Å². The molecule has 0 fully saturated rings. The van der Waals surface area contributed by atoms with Gasteiger partial charge in [-0.1, -0.05) is 0 Å². The lowest BCUT2D eigenvalue weighted by molar-refractivity contribution is 0.156. The van der Waals surface area contributed by atoms with Gasteiger partial charge in [-0.05, 0) is 34.7 Å². The molecule has 0 aromatic carbocycles. The van der Waals surface area contributed by atoms with Crippen molar-refractivity contribution in [2.45, 2.75) is 39.1 Å². The Morgan fingerprint density at radius 2 is 1.92 bits per heavy atom. The molecular weight excluding hydrogens is 177 g/mol. The maximum Gasteiger partial charge on any atom is 0.334 e. The Labute approximate surface area is 73.8 Å². The molecule has 0 aromatic rings. The highest BCUT2D eigenvalue weighted by atomic mass is 31.2. The van der Waals surface area contributed by atoms with E-state index in [1.54, 1.807) is 34.7 Å². The lowest BCUT2D eigenvalue weighted by Gasteiger charge is -2.27. The third kappa shape index (κ3) is 3.23. The van der Waals surface area contributed by atoms with Gasteiger partial charge < -0.3 is 4.89 Å². The molecule has 0 heterocycles. The van der Waals surface area contributed by atoms with Crippen LogP contribution in [-0.4, -0.2) is 23.3 Å². The summed E-state index contributed by atoms with van der Waals surface area (Å²) >= 11 is 0. The van der Waals surface area contributed by atoms with Crippen molar-refractivity contribution in [2.75, 3.05) is 7.05 Å². The van der Waals surface area contributed by atoms with Crippen LogP contribution in [0, 0.1) is 0 Å². The SMILES string of the molecule is CNC(C)OP(=O)(O)C(C)(C)C. The molecule has 12 heavy (non-hydrogen) atoms. The second kappa shape index (κ2) is 3.88. The van der Waals surface area contributed by atoms with Crippen LogP contribution in [0.2, 0.25) is 0 Å². The van der Waals surface area contributed by atoms with Gasteiger partial charge in [0.25, 0.3) is 0 Å². The normalized spacial score (nSPS) is 20.2. The van der Waals surface area contributed by atoms with Crippen LogP contribution in [0.5, 0.6) is 0 Å². The molecule has 2 unspecified atom stereocenters. The van der Waals surface area contributed by atoms with Crippen LogP contribution in [0.15, 0.2) is 0 Å². The van der Waals surface area contributed by atoms with Crippen molar-refractivity contribution in [1.29, 1.82) is 0 Å². The second-order valence-electron chi connectivity index (χ2n) is 3.73. The van der Waals surface area contributed by atoms with Gasteiger partial charge in [0.15, 0.2) is 0 Å². The van der Waals surface area contributed by atoms with Gasteiger partial charge in [-0.15, -0.1) is 0 Å². The standard InChI is InChI=1S/C7H18NO3P/c1-6(8-5)11-12(9,10)7(2,3)4/h6,8H,1-5H3,(H,9,10). The van der Waals surface area contributed by atoms with Crippen LogP contribution in [0.1, 0.15) is 27.7 Å². The van der Waals surface area contributed by atoms with E-state index in [4.69, 9.17) is 4.52 Å². The van der Waals surface area contributed by atoms with E-state index in [1.165, 1.54) is 0 Å². The third-order valence-electron chi connectivity index (χ3n) is 1.56. The molecule has 0 aliphatic heterocycles. The van der Waals surface area contributed by atoms with Crippen LogP contribution in [0.3, 0.4) is 0 Å². The van der Waals surface area contributed by atoms with E-state index in [0.717, 1.165) is 0 Å². The monoisotopic (exact) mass is 195 g/mol. The third-order valence-corrected chi connectivity index (χ3v) is 3.85. The first-order valence-electron chi connectivity index (χ1n) is 3.89. The summed E-state index contributed by atoms with van der Waals surface area (Å²) in [5.41, 5.74) is 0. The van der Waals surface area contributed by atoms with Crippen molar-refractivity contribution in [1.82, 2.24) is 5.32 Å². The van der Waals surface area contributed by atoms with E-state index in [1.807, 2.05) is 0 Å². The van der Waals surface area contributed by atoms with Crippen molar-refractivity contribution in [2.24, 2.45) is 0 Å². The largest absolute Gasteiger partial charge is 0.334 e. The van der Waals surface area contributed by atoms with E-state index < -0.39 is 19.0 Å². The highest BCUT2D eigenvalue weighted by molar-refractivity contribution is 7.54. The smallest absolute Gasteiger partial charge is 0.324 e. The predicted octanol–water partition coefficient (Wildman–Crippen LogP) is 1.55. The van der Waals surface area contributed by atoms with E-state index in [2.05, 4.69) is 5.32 Å². The number of hydrogen-bond acceptors (Lipinski definition) is 3. The summed E-state index contributed by atoms with van der Waals surface area (Å²) in [5, 5.41) is 2.01. The van der Waals surface area contributed by atoms with E-state index in [-0.39, 0.29) is 0 Å². The van der Waals surface area contributed by atoms with Crippen LogP contribution >= 0.6 is 7.60 Å². The first-order valence-corrected chi connectivity index (χ1v) is 5.47. The topological polar surface area (TPSA) is 58.6 Å². The Balaban J connectivity index is 4.34. The zero-order valence-electron chi connectivity index (χ0n) is 8.29. The van der Waals surface area contributed by atoms with Gasteiger partial charge in [0, 0.05) is 0 Å². The molecule has 2 N–H and O–H groups in total. The highest BCUT2D eigenvalue weighted by Crippen LogP contribution is 2.55. The van der Waals surface area contributed by atoms with E-state index in [9.17, 15) is 9.46 Å². The summed E-state index contributed by atoms with van der Waals surface area (Å²) in [6, 6.07) is 0. The molecule has 0 aromatic heterocycles. The summed E-state index contributed by atoms with van der Waals surface area (Å²) in [5.74, 6) is 0. The van der Waals surface area contributed by atoms with Crippen LogP contribution in [0.4, 0.5) is 0 Å². The van der Waals surface area contributed by atoms with Gasteiger partial charge in [0.1, 0.15) is 6.23 Å². The van der Waals surface area contributed by atoms with Gasteiger partial charge in [0.2, 0.25) is 0 Å². The van der Waals surface area contributed by atoms with Crippen molar-refractivity contribution >= 4 is 7.60 Å². The maximum atomic E-state index is 11.5. The number of nitrogens with one attached hydrogen (secondary N) is 1. The van der Waals surface area contributed by atoms with Crippen LogP contribution in [0.25, 0.3) is 0 Å². The zero-order chi connectivity index (χ0) is 9.99. The van der Waals surface area contributed by atoms with E-state index >= 15 is 0 Å². The quantitative estimate of drug-likeness (QED) is 0.530. The first kappa shape index (κ1) is 12.1. The van der Waals surface area contributed by atoms with Crippen LogP contribution in [-0.2, 0) is 9.09 Å². The van der Waals surface area contributed by atoms with Crippen molar-refractivity contribution in [3.05, 3.63) is 0 Å². The first-order chi connectivity index (χ1) is 5.20. The summed E-state index contributed by atoms with van der Waals surface area (Å²) in [6.45, 7) is 6.72. The molecule has 0 saturated carbocycles. The van der Waals surface area contributed by atoms with Gasteiger partial charge in [-0.2, -0.15) is 0 Å². The molecule has 2 atom stereocenters. The number of hydrogen-bond donors (Lipinski definition) is 2. The zero-order valence-corrected chi connectivity index (χ0v) is 9.18. The Bertz CT molecular complexity index is 188. The Morgan fingerprint density at radius 3 is 2.17 bits per heavy atom. The molecule has 0 amide bonds. The fourth-order valence-corrected chi connectivity index (χ4v) is 1.28. The molecule has 0 rings (SSSR count). The molecule has 0 saturated heterocycles. The Kier molecular flexibility index (Phi) is 3.91. The summed E-state index contributed by atoms with van der Waals surface area (Å²) in [6.07, 6.45) is -0.403. The number of rotatable bonds is 3. The Morgan fingerprint density at radius 1 is 1.50 bits per heavy atom. The van der Waals surface area contributed by atoms with E-state index in [0.29, 0.717) is 0 Å². The highest BCUT2D eigenvalue weighted by Gasteiger charge is 2.37. The summed E-state index contributed by atoms with van der Waals surface area (Å²) in [7, 11) is -1.84. The molecular formula is C7H18NO3P. The van der Waals surface area contributed by atoms with Crippen molar-refractivity contribution in [3.63, 3.8) is 0 Å². The molecule has 0 radical (unpaired) electrons. The summed E-state index contributed by atoms with van der Waals surface area (Å²) in [4.78, 5) is 9.45. The molecule has 0 aliphatic carbocycles. The molecule has 0 spiro atoms. The maximum absolute atomic E-state index is 11.5. The molecule has 5 heteroatoms. The molecule has 0 aliphatic rings. The van der Waals surface area contributed by atoms with Crippen molar-refractivity contribution < 1.29 is 14.0 Å². The summed E-state index contributed by atoms with van der Waals surface area (Å²) < 4.78 is 16.4. The minimum absolute atomic E-state index is 0.403.